The van der Waals surface area contributed by atoms with Gasteiger partial charge in [-0.2, -0.15) is 0 Å². The normalized spacial score (nSPS) is 26.7. The Kier molecular flexibility index (Phi) is 5.27. The van der Waals surface area contributed by atoms with Crippen LogP contribution < -0.4 is 5.32 Å². The molecule has 0 aromatic heterocycles. The van der Waals surface area contributed by atoms with Crippen LogP contribution in [0, 0.1) is 5.92 Å². The number of nitrogens with one attached hydrogen (secondary N) is 1. The minimum Gasteiger partial charge on any atom is -0.349 e. The van der Waals surface area contributed by atoms with Crippen LogP contribution >= 0.6 is 0 Å². The Morgan fingerprint density at radius 3 is 2.52 bits per heavy atom. The average Bonchev–Trinajstić information content (AvgIpc) is 3.22. The van der Waals surface area contributed by atoms with Crippen LogP contribution in [0.2, 0.25) is 0 Å². The maximum absolute atomic E-state index is 12.7. The highest BCUT2D eigenvalue weighted by Gasteiger charge is 2.37. The molecule has 6 nitrogen and oxygen atoms in total. The summed E-state index contributed by atoms with van der Waals surface area (Å²) in [6.45, 7) is 2.13. The van der Waals surface area contributed by atoms with Crippen LogP contribution in [0.3, 0.4) is 0 Å². The summed E-state index contributed by atoms with van der Waals surface area (Å²) in [6.07, 6.45) is 1.69. The maximum Gasteiger partial charge on any atom is 0.317 e. The first-order valence-electron chi connectivity index (χ1n) is 8.99. The van der Waals surface area contributed by atoms with E-state index in [4.69, 9.17) is 0 Å². The summed E-state index contributed by atoms with van der Waals surface area (Å²) in [7, 11) is 5.64. The van der Waals surface area contributed by atoms with Gasteiger partial charge < -0.3 is 15.1 Å². The SMILES string of the molecule is CN(C)C(=O)C1CCN(C(=O)NC2CCN(C)C2c2ccccc2)C1. The van der Waals surface area contributed by atoms with E-state index < -0.39 is 0 Å². The molecule has 1 aromatic carbocycles. The molecule has 0 aliphatic carbocycles. The van der Waals surface area contributed by atoms with Gasteiger partial charge in [0.05, 0.1) is 18.0 Å². The van der Waals surface area contributed by atoms with Gasteiger partial charge in [-0.3, -0.25) is 9.69 Å². The molecule has 2 saturated heterocycles. The molecule has 3 unspecified atom stereocenters. The highest BCUT2D eigenvalue weighted by Crippen LogP contribution is 2.31. The van der Waals surface area contributed by atoms with Gasteiger partial charge in [0, 0.05) is 33.7 Å². The summed E-state index contributed by atoms with van der Waals surface area (Å²) in [5.41, 5.74) is 1.23. The van der Waals surface area contributed by atoms with E-state index in [1.807, 2.05) is 18.2 Å². The fourth-order valence-electron chi connectivity index (χ4n) is 4.00. The molecule has 0 spiro atoms. The number of amides is 3. The molecule has 3 rings (SSSR count). The van der Waals surface area contributed by atoms with Gasteiger partial charge in [-0.05, 0) is 25.5 Å². The molecule has 2 aliphatic rings. The van der Waals surface area contributed by atoms with Crippen molar-refractivity contribution in [2.24, 2.45) is 5.92 Å². The van der Waals surface area contributed by atoms with Crippen molar-refractivity contribution in [1.82, 2.24) is 20.0 Å². The fraction of sp³-hybridized carbons (Fsp3) is 0.579. The Hall–Kier alpha value is -2.08. The van der Waals surface area contributed by atoms with E-state index >= 15 is 0 Å². The minimum absolute atomic E-state index is 0.0460. The number of rotatable bonds is 3. The van der Waals surface area contributed by atoms with Crippen molar-refractivity contribution in [1.29, 1.82) is 0 Å². The fourth-order valence-corrected chi connectivity index (χ4v) is 4.00. The van der Waals surface area contributed by atoms with E-state index in [1.54, 1.807) is 23.9 Å². The standard InChI is InChI=1S/C19H28N4O2/c1-21(2)18(24)15-9-12-23(13-15)19(25)20-16-10-11-22(3)17(16)14-7-5-4-6-8-14/h4-8,15-17H,9-13H2,1-3H3,(H,20,25). The lowest BCUT2D eigenvalue weighted by molar-refractivity contribution is -0.132. The molecule has 136 valence electrons. The summed E-state index contributed by atoms with van der Waals surface area (Å²) in [5, 5.41) is 3.21. The molecule has 1 aromatic rings. The Bertz CT molecular complexity index is 619. The zero-order valence-electron chi connectivity index (χ0n) is 15.3. The van der Waals surface area contributed by atoms with E-state index in [-0.39, 0.29) is 29.9 Å². The van der Waals surface area contributed by atoms with Crippen LogP contribution in [0.5, 0.6) is 0 Å². The van der Waals surface area contributed by atoms with Gasteiger partial charge >= 0.3 is 6.03 Å². The largest absolute Gasteiger partial charge is 0.349 e. The Morgan fingerprint density at radius 2 is 1.84 bits per heavy atom. The van der Waals surface area contributed by atoms with Crippen molar-refractivity contribution in [2.75, 3.05) is 40.8 Å². The van der Waals surface area contributed by atoms with Gasteiger partial charge in [0.2, 0.25) is 5.91 Å². The highest BCUT2D eigenvalue weighted by atomic mass is 16.2. The lowest BCUT2D eigenvalue weighted by atomic mass is 10.0. The third-order valence-electron chi connectivity index (χ3n) is 5.36. The molecule has 0 bridgehead atoms. The average molecular weight is 344 g/mol. The predicted molar refractivity (Wildman–Crippen MR) is 97.1 cm³/mol. The number of carbonyl (C=O) groups is 2. The number of hydrogen-bond acceptors (Lipinski definition) is 3. The van der Waals surface area contributed by atoms with E-state index in [0.717, 1.165) is 19.4 Å². The summed E-state index contributed by atoms with van der Waals surface area (Å²) in [4.78, 5) is 30.5. The molecule has 0 radical (unpaired) electrons. The van der Waals surface area contributed by atoms with E-state index in [0.29, 0.717) is 13.1 Å². The molecule has 2 fully saturated rings. The number of carbonyl (C=O) groups excluding carboxylic acids is 2. The minimum atomic E-state index is -0.0723. The molecule has 0 saturated carbocycles. The Labute approximate surface area is 149 Å². The molecule has 6 heteroatoms. The number of urea groups is 1. The van der Waals surface area contributed by atoms with Crippen LogP contribution in [-0.2, 0) is 4.79 Å². The molecule has 2 heterocycles. The second kappa shape index (κ2) is 7.44. The number of likely N-dealkylation sites (tertiary alicyclic amines) is 2. The topological polar surface area (TPSA) is 55.9 Å². The molecule has 1 N–H and O–H groups in total. The third-order valence-corrected chi connectivity index (χ3v) is 5.36. The predicted octanol–water partition coefficient (Wildman–Crippen LogP) is 1.55. The van der Waals surface area contributed by atoms with Crippen molar-refractivity contribution in [2.45, 2.75) is 24.9 Å². The zero-order valence-corrected chi connectivity index (χ0v) is 15.3. The van der Waals surface area contributed by atoms with Crippen LogP contribution in [0.25, 0.3) is 0 Å². The summed E-state index contributed by atoms with van der Waals surface area (Å²) in [6, 6.07) is 10.6. The van der Waals surface area contributed by atoms with Crippen molar-refractivity contribution < 1.29 is 9.59 Å². The number of likely N-dealkylation sites (N-methyl/N-ethyl adjacent to an activating group) is 1. The van der Waals surface area contributed by atoms with E-state index in [2.05, 4.69) is 29.4 Å². The van der Waals surface area contributed by atoms with Gasteiger partial charge in [-0.15, -0.1) is 0 Å². The highest BCUT2D eigenvalue weighted by molar-refractivity contribution is 5.81. The molecule has 3 atom stereocenters. The Morgan fingerprint density at radius 1 is 1.12 bits per heavy atom. The summed E-state index contributed by atoms with van der Waals surface area (Å²) >= 11 is 0. The van der Waals surface area contributed by atoms with Crippen LogP contribution in [-0.4, -0.2) is 73.5 Å². The lowest BCUT2D eigenvalue weighted by Crippen LogP contribution is -2.46. The first-order valence-corrected chi connectivity index (χ1v) is 8.99. The van der Waals surface area contributed by atoms with E-state index in [1.165, 1.54) is 5.56 Å². The van der Waals surface area contributed by atoms with E-state index in [9.17, 15) is 9.59 Å². The zero-order chi connectivity index (χ0) is 18.0. The summed E-state index contributed by atoms with van der Waals surface area (Å²) in [5.74, 6) is 0.0370. The van der Waals surface area contributed by atoms with Gasteiger partial charge in [-0.25, -0.2) is 4.79 Å². The molecule has 2 aliphatic heterocycles. The first-order chi connectivity index (χ1) is 12.0. The van der Waals surface area contributed by atoms with Crippen molar-refractivity contribution in [3.8, 4) is 0 Å². The monoisotopic (exact) mass is 344 g/mol. The number of benzene rings is 1. The Balaban J connectivity index is 1.62. The van der Waals surface area contributed by atoms with Crippen LogP contribution in [0.1, 0.15) is 24.4 Å². The number of nitrogens with zero attached hydrogens (tertiary/aromatic N) is 3. The van der Waals surface area contributed by atoms with Gasteiger partial charge in [-0.1, -0.05) is 30.3 Å². The third kappa shape index (κ3) is 3.79. The smallest absolute Gasteiger partial charge is 0.317 e. The lowest BCUT2D eigenvalue weighted by Gasteiger charge is -2.28. The van der Waals surface area contributed by atoms with Crippen LogP contribution in [0.4, 0.5) is 4.79 Å². The molecule has 3 amide bonds. The van der Waals surface area contributed by atoms with Gasteiger partial charge in [0.1, 0.15) is 0 Å². The van der Waals surface area contributed by atoms with Gasteiger partial charge in [0.15, 0.2) is 0 Å². The van der Waals surface area contributed by atoms with Crippen molar-refractivity contribution in [3.63, 3.8) is 0 Å². The molecular formula is C19H28N4O2. The maximum atomic E-state index is 12.7. The van der Waals surface area contributed by atoms with Gasteiger partial charge in [0.25, 0.3) is 0 Å². The molecular weight excluding hydrogens is 316 g/mol. The van der Waals surface area contributed by atoms with Crippen molar-refractivity contribution in [3.05, 3.63) is 35.9 Å². The number of hydrogen-bond donors (Lipinski definition) is 1. The second-order valence-corrected chi connectivity index (χ2v) is 7.35. The molecule has 25 heavy (non-hydrogen) atoms. The van der Waals surface area contributed by atoms with Crippen LogP contribution in [0.15, 0.2) is 30.3 Å². The second-order valence-electron chi connectivity index (χ2n) is 7.35. The van der Waals surface area contributed by atoms with Crippen molar-refractivity contribution >= 4 is 11.9 Å². The quantitative estimate of drug-likeness (QED) is 0.905. The first kappa shape index (κ1) is 17.7. The summed E-state index contributed by atoms with van der Waals surface area (Å²) < 4.78 is 0.